The highest BCUT2D eigenvalue weighted by Gasteiger charge is 2.22. The standard InChI is InChI=1S/C12H25NO4/c1-10(12-4-3-5-17-12)13-8-11(14)9-16-7-6-15-2/h10-14H,3-9H2,1-2H3. The van der Waals surface area contributed by atoms with Crippen LogP contribution in [0.1, 0.15) is 19.8 Å². The number of hydrogen-bond acceptors (Lipinski definition) is 5. The summed E-state index contributed by atoms with van der Waals surface area (Å²) < 4.78 is 15.7. The Bertz CT molecular complexity index is 185. The predicted molar refractivity (Wildman–Crippen MR) is 65.1 cm³/mol. The predicted octanol–water partition coefficient (Wildman–Crippen LogP) is 0.167. The topological polar surface area (TPSA) is 60.0 Å². The molecule has 0 radical (unpaired) electrons. The van der Waals surface area contributed by atoms with E-state index in [1.807, 2.05) is 0 Å². The average molecular weight is 247 g/mol. The van der Waals surface area contributed by atoms with Gasteiger partial charge >= 0.3 is 0 Å². The van der Waals surface area contributed by atoms with Crippen molar-refractivity contribution < 1.29 is 19.3 Å². The molecule has 0 aromatic carbocycles. The van der Waals surface area contributed by atoms with Crippen LogP contribution in [0.15, 0.2) is 0 Å². The summed E-state index contributed by atoms with van der Waals surface area (Å²) in [5.74, 6) is 0. The molecule has 102 valence electrons. The van der Waals surface area contributed by atoms with Gasteiger partial charge in [0.15, 0.2) is 0 Å². The average Bonchev–Trinajstić information content (AvgIpc) is 2.85. The van der Waals surface area contributed by atoms with E-state index in [9.17, 15) is 5.11 Å². The fourth-order valence-electron chi connectivity index (χ4n) is 1.87. The molecule has 3 atom stereocenters. The number of methoxy groups -OCH3 is 1. The normalized spacial score (nSPS) is 23.8. The van der Waals surface area contributed by atoms with Gasteiger partial charge in [0.25, 0.3) is 0 Å². The molecule has 1 aliphatic heterocycles. The third kappa shape index (κ3) is 6.33. The molecule has 0 amide bonds. The lowest BCUT2D eigenvalue weighted by Crippen LogP contribution is -2.42. The minimum atomic E-state index is -0.476. The SMILES string of the molecule is COCCOCC(O)CNC(C)C1CCCO1. The molecule has 0 spiro atoms. The first-order valence-electron chi connectivity index (χ1n) is 6.33. The molecule has 0 aliphatic carbocycles. The van der Waals surface area contributed by atoms with Crippen LogP contribution >= 0.6 is 0 Å². The zero-order valence-electron chi connectivity index (χ0n) is 10.9. The minimum Gasteiger partial charge on any atom is -0.389 e. The second kappa shape index (κ2) is 8.83. The highest BCUT2D eigenvalue weighted by molar-refractivity contribution is 4.77. The number of nitrogens with one attached hydrogen (secondary N) is 1. The first-order chi connectivity index (χ1) is 8.24. The monoisotopic (exact) mass is 247 g/mol. The van der Waals surface area contributed by atoms with Crippen LogP contribution in [0, 0.1) is 0 Å². The Labute approximate surface area is 103 Å². The van der Waals surface area contributed by atoms with Crippen molar-refractivity contribution in [1.29, 1.82) is 0 Å². The van der Waals surface area contributed by atoms with Gasteiger partial charge in [0, 0.05) is 26.3 Å². The van der Waals surface area contributed by atoms with Gasteiger partial charge in [-0.2, -0.15) is 0 Å². The fraction of sp³-hybridized carbons (Fsp3) is 1.00. The first kappa shape index (κ1) is 14.9. The van der Waals surface area contributed by atoms with Crippen LogP contribution < -0.4 is 5.32 Å². The van der Waals surface area contributed by atoms with Gasteiger partial charge in [0.1, 0.15) is 0 Å². The second-order valence-electron chi connectivity index (χ2n) is 4.47. The molecular formula is C12H25NO4. The minimum absolute atomic E-state index is 0.283. The van der Waals surface area contributed by atoms with Crippen molar-refractivity contribution in [2.75, 3.05) is 40.1 Å². The maximum absolute atomic E-state index is 9.67. The Morgan fingerprint density at radius 1 is 1.47 bits per heavy atom. The molecule has 1 rings (SSSR count). The largest absolute Gasteiger partial charge is 0.389 e. The Morgan fingerprint density at radius 2 is 2.29 bits per heavy atom. The van der Waals surface area contributed by atoms with Crippen LogP contribution in [0.5, 0.6) is 0 Å². The van der Waals surface area contributed by atoms with E-state index in [0.717, 1.165) is 19.4 Å². The van der Waals surface area contributed by atoms with Crippen LogP contribution in [-0.4, -0.2) is 63.4 Å². The molecule has 0 aromatic rings. The van der Waals surface area contributed by atoms with Gasteiger partial charge in [0.05, 0.1) is 32.0 Å². The molecule has 5 nitrogen and oxygen atoms in total. The smallest absolute Gasteiger partial charge is 0.0897 e. The first-order valence-corrected chi connectivity index (χ1v) is 6.33. The van der Waals surface area contributed by atoms with E-state index in [2.05, 4.69) is 12.2 Å². The van der Waals surface area contributed by atoms with Crippen LogP contribution in [0.2, 0.25) is 0 Å². The molecular weight excluding hydrogens is 222 g/mol. The van der Waals surface area contributed by atoms with E-state index in [-0.39, 0.29) is 12.1 Å². The Morgan fingerprint density at radius 3 is 2.94 bits per heavy atom. The van der Waals surface area contributed by atoms with Gasteiger partial charge in [-0.3, -0.25) is 0 Å². The van der Waals surface area contributed by atoms with Crippen molar-refractivity contribution in [3.8, 4) is 0 Å². The Hall–Kier alpha value is -0.200. The van der Waals surface area contributed by atoms with Gasteiger partial charge < -0.3 is 24.6 Å². The van der Waals surface area contributed by atoms with Crippen LogP contribution in [0.3, 0.4) is 0 Å². The van der Waals surface area contributed by atoms with E-state index < -0.39 is 6.10 Å². The van der Waals surface area contributed by atoms with Crippen molar-refractivity contribution in [2.45, 2.75) is 38.0 Å². The van der Waals surface area contributed by atoms with Crippen molar-refractivity contribution in [2.24, 2.45) is 0 Å². The van der Waals surface area contributed by atoms with E-state index in [1.165, 1.54) is 0 Å². The van der Waals surface area contributed by atoms with Crippen LogP contribution in [0.4, 0.5) is 0 Å². The maximum Gasteiger partial charge on any atom is 0.0897 e. The summed E-state index contributed by atoms with van der Waals surface area (Å²) >= 11 is 0. The third-order valence-electron chi connectivity index (χ3n) is 2.94. The number of ether oxygens (including phenoxy) is 3. The lowest BCUT2D eigenvalue weighted by Gasteiger charge is -2.21. The van der Waals surface area contributed by atoms with Gasteiger partial charge in [-0.1, -0.05) is 0 Å². The van der Waals surface area contributed by atoms with E-state index in [4.69, 9.17) is 14.2 Å². The molecule has 0 aromatic heterocycles. The summed E-state index contributed by atoms with van der Waals surface area (Å²) in [4.78, 5) is 0. The van der Waals surface area contributed by atoms with E-state index in [1.54, 1.807) is 7.11 Å². The molecule has 17 heavy (non-hydrogen) atoms. The lowest BCUT2D eigenvalue weighted by atomic mass is 10.1. The summed E-state index contributed by atoms with van der Waals surface area (Å²) in [6.45, 7) is 4.91. The number of hydrogen-bond donors (Lipinski definition) is 2. The molecule has 0 bridgehead atoms. The molecule has 1 saturated heterocycles. The van der Waals surface area contributed by atoms with E-state index >= 15 is 0 Å². The molecule has 5 heteroatoms. The zero-order chi connectivity index (χ0) is 12.5. The van der Waals surface area contributed by atoms with Gasteiger partial charge in [0.2, 0.25) is 0 Å². The zero-order valence-corrected chi connectivity index (χ0v) is 10.9. The Kier molecular flexibility index (Phi) is 7.72. The molecule has 2 N–H and O–H groups in total. The van der Waals surface area contributed by atoms with Crippen LogP contribution in [-0.2, 0) is 14.2 Å². The summed E-state index contributed by atoms with van der Waals surface area (Å²) in [5, 5.41) is 13.0. The highest BCUT2D eigenvalue weighted by Crippen LogP contribution is 2.15. The highest BCUT2D eigenvalue weighted by atomic mass is 16.5. The third-order valence-corrected chi connectivity index (χ3v) is 2.94. The summed E-state index contributed by atoms with van der Waals surface area (Å²) in [7, 11) is 1.63. The number of rotatable bonds is 9. The number of aliphatic hydroxyl groups excluding tert-OH is 1. The lowest BCUT2D eigenvalue weighted by molar-refractivity contribution is 0.00979. The Balaban J connectivity index is 2.00. The number of aliphatic hydroxyl groups is 1. The molecule has 0 saturated carbocycles. The van der Waals surface area contributed by atoms with Crippen molar-refractivity contribution in [3.63, 3.8) is 0 Å². The maximum atomic E-state index is 9.67. The fourth-order valence-corrected chi connectivity index (χ4v) is 1.87. The van der Waals surface area contributed by atoms with Crippen molar-refractivity contribution in [3.05, 3.63) is 0 Å². The van der Waals surface area contributed by atoms with E-state index in [0.29, 0.717) is 26.4 Å². The van der Waals surface area contributed by atoms with Crippen molar-refractivity contribution >= 4 is 0 Å². The molecule has 1 fully saturated rings. The summed E-state index contributed by atoms with van der Waals surface area (Å²) in [6.07, 6.45) is 2.06. The summed E-state index contributed by atoms with van der Waals surface area (Å²) in [6, 6.07) is 0.283. The quantitative estimate of drug-likeness (QED) is 0.569. The second-order valence-corrected chi connectivity index (χ2v) is 4.47. The summed E-state index contributed by atoms with van der Waals surface area (Å²) in [5.41, 5.74) is 0. The van der Waals surface area contributed by atoms with Gasteiger partial charge in [-0.15, -0.1) is 0 Å². The molecule has 1 heterocycles. The van der Waals surface area contributed by atoms with Crippen molar-refractivity contribution in [1.82, 2.24) is 5.32 Å². The molecule has 3 unspecified atom stereocenters. The van der Waals surface area contributed by atoms with Crippen LogP contribution in [0.25, 0.3) is 0 Å². The van der Waals surface area contributed by atoms with Gasteiger partial charge in [-0.25, -0.2) is 0 Å². The molecule has 1 aliphatic rings. The van der Waals surface area contributed by atoms with Gasteiger partial charge in [-0.05, 0) is 19.8 Å².